The second-order valence-electron chi connectivity index (χ2n) is 4.82. The molecule has 4 nitrogen and oxygen atoms in total. The highest BCUT2D eigenvalue weighted by Gasteiger charge is 2.38. The zero-order chi connectivity index (χ0) is 13.4. The molecule has 1 atom stereocenters. The van der Waals surface area contributed by atoms with Crippen molar-refractivity contribution in [3.05, 3.63) is 41.5 Å². The minimum atomic E-state index is -0.369. The van der Waals surface area contributed by atoms with Crippen LogP contribution in [0.25, 0.3) is 5.57 Å². The van der Waals surface area contributed by atoms with Gasteiger partial charge in [0.2, 0.25) is 0 Å². The van der Waals surface area contributed by atoms with E-state index in [0.717, 1.165) is 30.5 Å². The number of hydrogen-bond donors (Lipinski definition) is 0. The van der Waals surface area contributed by atoms with Crippen LogP contribution in [0, 0.1) is 0 Å². The number of fused-ring (bicyclic) bond motifs is 2. The van der Waals surface area contributed by atoms with Crippen LogP contribution >= 0.6 is 0 Å². The molecule has 1 amide bonds. The Labute approximate surface area is 111 Å². The summed E-state index contributed by atoms with van der Waals surface area (Å²) in [5, 5.41) is 0. The fourth-order valence-corrected chi connectivity index (χ4v) is 2.95. The lowest BCUT2D eigenvalue weighted by Crippen LogP contribution is -2.40. The molecular formula is C15H15NO3. The van der Waals surface area contributed by atoms with Crippen LogP contribution in [0.4, 0.5) is 0 Å². The van der Waals surface area contributed by atoms with Crippen molar-refractivity contribution in [1.29, 1.82) is 0 Å². The van der Waals surface area contributed by atoms with E-state index < -0.39 is 0 Å². The van der Waals surface area contributed by atoms with Crippen molar-refractivity contribution in [3.8, 4) is 0 Å². The molecule has 0 saturated carbocycles. The zero-order valence-electron chi connectivity index (χ0n) is 10.8. The van der Waals surface area contributed by atoms with Gasteiger partial charge in [-0.15, -0.1) is 0 Å². The normalized spacial score (nSPS) is 23.2. The maximum Gasteiger partial charge on any atom is 0.330 e. The summed E-state index contributed by atoms with van der Waals surface area (Å²) >= 11 is 0. The van der Waals surface area contributed by atoms with Crippen LogP contribution in [-0.4, -0.2) is 36.5 Å². The Morgan fingerprint density at radius 2 is 2.11 bits per heavy atom. The standard InChI is InChI=1S/C15H15NO3/c1-19-14(17)9-12-10-5-2-3-6-11(10)15(18)16-8-4-7-13(12)16/h2-3,5-6,9,13H,4,7-8H2,1H3/b12-9-/t13-/m1/s1. The Hall–Kier alpha value is -2.10. The Morgan fingerprint density at radius 3 is 2.84 bits per heavy atom. The topological polar surface area (TPSA) is 46.6 Å². The van der Waals surface area contributed by atoms with E-state index in [2.05, 4.69) is 0 Å². The molecule has 98 valence electrons. The van der Waals surface area contributed by atoms with Crippen molar-refractivity contribution in [1.82, 2.24) is 4.90 Å². The molecule has 2 aliphatic rings. The maximum absolute atomic E-state index is 12.4. The summed E-state index contributed by atoms with van der Waals surface area (Å²) < 4.78 is 4.72. The molecule has 0 unspecified atom stereocenters. The van der Waals surface area contributed by atoms with Crippen molar-refractivity contribution in [2.24, 2.45) is 0 Å². The molecule has 0 N–H and O–H groups in total. The number of ether oxygens (including phenoxy) is 1. The number of rotatable bonds is 1. The highest BCUT2D eigenvalue weighted by atomic mass is 16.5. The van der Waals surface area contributed by atoms with E-state index in [-0.39, 0.29) is 17.9 Å². The lowest BCUT2D eigenvalue weighted by molar-refractivity contribution is -0.134. The molecule has 3 rings (SSSR count). The highest BCUT2D eigenvalue weighted by molar-refractivity contribution is 6.06. The molecule has 1 aromatic rings. The molecule has 1 saturated heterocycles. The van der Waals surface area contributed by atoms with E-state index in [9.17, 15) is 9.59 Å². The van der Waals surface area contributed by atoms with Crippen LogP contribution in [-0.2, 0) is 9.53 Å². The number of esters is 1. The Kier molecular flexibility index (Phi) is 2.85. The molecule has 0 bridgehead atoms. The second-order valence-corrected chi connectivity index (χ2v) is 4.82. The van der Waals surface area contributed by atoms with Gasteiger partial charge in [0.05, 0.1) is 13.2 Å². The quantitative estimate of drug-likeness (QED) is 0.570. The average Bonchev–Trinajstić information content (AvgIpc) is 2.92. The van der Waals surface area contributed by atoms with Gasteiger partial charge >= 0.3 is 5.97 Å². The van der Waals surface area contributed by atoms with E-state index >= 15 is 0 Å². The molecule has 2 heterocycles. The third-order valence-electron chi connectivity index (χ3n) is 3.82. The Balaban J connectivity index is 2.16. The van der Waals surface area contributed by atoms with Gasteiger partial charge in [-0.2, -0.15) is 0 Å². The van der Waals surface area contributed by atoms with E-state index in [4.69, 9.17) is 4.74 Å². The lowest BCUT2D eigenvalue weighted by Gasteiger charge is -2.33. The van der Waals surface area contributed by atoms with Crippen LogP contribution in [0.3, 0.4) is 0 Å². The number of benzene rings is 1. The van der Waals surface area contributed by atoms with Crippen molar-refractivity contribution in [2.45, 2.75) is 18.9 Å². The predicted molar refractivity (Wildman–Crippen MR) is 70.5 cm³/mol. The number of methoxy groups -OCH3 is 1. The van der Waals surface area contributed by atoms with Crippen molar-refractivity contribution in [3.63, 3.8) is 0 Å². The van der Waals surface area contributed by atoms with Gasteiger partial charge in [-0.05, 0) is 30.0 Å². The minimum Gasteiger partial charge on any atom is -0.466 e. The van der Waals surface area contributed by atoms with Gasteiger partial charge in [-0.25, -0.2) is 4.79 Å². The maximum atomic E-state index is 12.4. The molecule has 4 heteroatoms. The molecule has 0 radical (unpaired) electrons. The lowest BCUT2D eigenvalue weighted by atomic mass is 9.88. The first-order chi connectivity index (χ1) is 9.22. The monoisotopic (exact) mass is 257 g/mol. The van der Waals surface area contributed by atoms with E-state index in [0.29, 0.717) is 5.56 Å². The molecule has 0 aliphatic carbocycles. The Bertz CT molecular complexity index is 577. The number of carbonyl (C=O) groups excluding carboxylic acids is 2. The smallest absolute Gasteiger partial charge is 0.330 e. The van der Waals surface area contributed by atoms with Gasteiger partial charge < -0.3 is 9.64 Å². The van der Waals surface area contributed by atoms with Crippen LogP contribution in [0.2, 0.25) is 0 Å². The van der Waals surface area contributed by atoms with Crippen LogP contribution < -0.4 is 0 Å². The first-order valence-corrected chi connectivity index (χ1v) is 6.42. The van der Waals surface area contributed by atoms with E-state index in [1.807, 2.05) is 29.2 Å². The van der Waals surface area contributed by atoms with Gasteiger partial charge in [-0.3, -0.25) is 4.79 Å². The minimum absolute atomic E-state index is 0.0153. The molecule has 0 aromatic heterocycles. The second kappa shape index (κ2) is 4.53. The SMILES string of the molecule is COC(=O)/C=C1/c2ccccc2C(=O)N2CCC[C@H]12. The first-order valence-electron chi connectivity index (χ1n) is 6.42. The largest absolute Gasteiger partial charge is 0.466 e. The predicted octanol–water partition coefficient (Wildman–Crippen LogP) is 1.86. The fraction of sp³-hybridized carbons (Fsp3) is 0.333. The summed E-state index contributed by atoms with van der Waals surface area (Å²) in [4.78, 5) is 25.8. The van der Waals surface area contributed by atoms with Crippen molar-refractivity contribution < 1.29 is 14.3 Å². The molecular weight excluding hydrogens is 242 g/mol. The molecule has 2 aliphatic heterocycles. The van der Waals surface area contributed by atoms with E-state index in [1.165, 1.54) is 13.2 Å². The first kappa shape index (κ1) is 12.0. The van der Waals surface area contributed by atoms with E-state index in [1.54, 1.807) is 0 Å². The van der Waals surface area contributed by atoms with Gasteiger partial charge in [0.1, 0.15) is 0 Å². The van der Waals surface area contributed by atoms with Gasteiger partial charge in [0, 0.05) is 18.2 Å². The van der Waals surface area contributed by atoms with Gasteiger partial charge in [0.25, 0.3) is 5.91 Å². The Morgan fingerprint density at radius 1 is 1.37 bits per heavy atom. The summed E-state index contributed by atoms with van der Waals surface area (Å²) in [6.07, 6.45) is 3.40. The summed E-state index contributed by atoms with van der Waals surface area (Å²) in [5.41, 5.74) is 2.44. The molecule has 1 aromatic carbocycles. The number of nitrogens with zero attached hydrogens (tertiary/aromatic N) is 1. The summed E-state index contributed by atoms with van der Waals surface area (Å²) in [7, 11) is 1.37. The highest BCUT2D eigenvalue weighted by Crippen LogP contribution is 2.37. The molecule has 19 heavy (non-hydrogen) atoms. The number of hydrogen-bond acceptors (Lipinski definition) is 3. The van der Waals surface area contributed by atoms with Gasteiger partial charge in [0.15, 0.2) is 0 Å². The van der Waals surface area contributed by atoms with Crippen molar-refractivity contribution >= 4 is 17.4 Å². The average molecular weight is 257 g/mol. The van der Waals surface area contributed by atoms with Crippen LogP contribution in [0.15, 0.2) is 30.3 Å². The van der Waals surface area contributed by atoms with Crippen LogP contribution in [0.5, 0.6) is 0 Å². The zero-order valence-corrected chi connectivity index (χ0v) is 10.8. The van der Waals surface area contributed by atoms with Crippen LogP contribution in [0.1, 0.15) is 28.8 Å². The number of amides is 1. The van der Waals surface area contributed by atoms with Crippen molar-refractivity contribution in [2.75, 3.05) is 13.7 Å². The molecule has 1 fully saturated rings. The summed E-state index contributed by atoms with van der Waals surface area (Å²) in [6, 6.07) is 7.47. The third kappa shape index (κ3) is 1.84. The fourth-order valence-electron chi connectivity index (χ4n) is 2.95. The van der Waals surface area contributed by atoms with Gasteiger partial charge in [-0.1, -0.05) is 18.2 Å². The third-order valence-corrected chi connectivity index (χ3v) is 3.82. The summed E-state index contributed by atoms with van der Waals surface area (Å²) in [6.45, 7) is 0.760. The number of carbonyl (C=O) groups is 2. The molecule has 0 spiro atoms. The summed E-state index contributed by atoms with van der Waals surface area (Å²) in [5.74, 6) is -0.300.